The lowest BCUT2D eigenvalue weighted by molar-refractivity contribution is 0.441. The zero-order valence-electron chi connectivity index (χ0n) is 8.81. The molecule has 0 heterocycles. The van der Waals surface area contributed by atoms with Gasteiger partial charge in [0.05, 0.1) is 5.69 Å². The van der Waals surface area contributed by atoms with E-state index in [9.17, 15) is 0 Å². The average Bonchev–Trinajstić information content (AvgIpc) is 2.15. The van der Waals surface area contributed by atoms with Gasteiger partial charge in [0, 0.05) is 21.1 Å². The van der Waals surface area contributed by atoms with Gasteiger partial charge in [0.2, 0.25) is 5.96 Å². The molecule has 0 aromatic heterocycles. The molecule has 0 aliphatic heterocycles. The molecule has 76 valence electrons. The summed E-state index contributed by atoms with van der Waals surface area (Å²) in [5, 5.41) is 1.49. The summed E-state index contributed by atoms with van der Waals surface area (Å²) >= 11 is 0. The molecule has 0 aliphatic carbocycles. The van der Waals surface area contributed by atoms with Crippen LogP contribution in [0.25, 0.3) is 0 Å². The van der Waals surface area contributed by atoms with Crippen molar-refractivity contribution < 1.29 is 0 Å². The van der Waals surface area contributed by atoms with Crippen molar-refractivity contribution in [2.75, 3.05) is 21.1 Å². The van der Waals surface area contributed by atoms with E-state index >= 15 is 0 Å². The average molecular weight is 192 g/mol. The Morgan fingerprint density at radius 3 is 2.14 bits per heavy atom. The van der Waals surface area contributed by atoms with Gasteiger partial charge in [-0.05, 0) is 12.1 Å². The zero-order chi connectivity index (χ0) is 10.6. The Hall–Kier alpha value is -1.55. The predicted molar refractivity (Wildman–Crippen MR) is 59.2 cm³/mol. The van der Waals surface area contributed by atoms with Crippen LogP contribution in [0.2, 0.25) is 0 Å². The number of para-hydroxylation sites is 1. The Kier molecular flexibility index (Phi) is 3.48. The van der Waals surface area contributed by atoms with Gasteiger partial charge in [0.25, 0.3) is 0 Å². The van der Waals surface area contributed by atoms with E-state index in [1.165, 1.54) is 5.01 Å². The molecule has 0 atom stereocenters. The Bertz CT molecular complexity index is 293. The second kappa shape index (κ2) is 4.62. The molecule has 14 heavy (non-hydrogen) atoms. The molecule has 0 saturated heterocycles. The number of nitrogens with zero attached hydrogens (tertiary/aromatic N) is 3. The van der Waals surface area contributed by atoms with Crippen LogP contribution in [0.3, 0.4) is 0 Å². The van der Waals surface area contributed by atoms with E-state index in [2.05, 4.69) is 4.99 Å². The third-order valence-electron chi connectivity index (χ3n) is 1.70. The number of rotatable bonds is 1. The van der Waals surface area contributed by atoms with Crippen LogP contribution in [-0.2, 0) is 0 Å². The van der Waals surface area contributed by atoms with E-state index in [0.29, 0.717) is 0 Å². The molecule has 0 radical (unpaired) electrons. The van der Waals surface area contributed by atoms with Crippen molar-refractivity contribution in [3.63, 3.8) is 0 Å². The second-order valence-corrected chi connectivity index (χ2v) is 3.25. The Balaban J connectivity index is 2.94. The van der Waals surface area contributed by atoms with Crippen molar-refractivity contribution in [3.05, 3.63) is 30.3 Å². The molecule has 0 aliphatic rings. The summed E-state index contributed by atoms with van der Waals surface area (Å²) in [7, 11) is 5.58. The highest BCUT2D eigenvalue weighted by Crippen LogP contribution is 2.10. The summed E-state index contributed by atoms with van der Waals surface area (Å²) in [5.74, 6) is 6.37. The minimum Gasteiger partial charge on any atom is -0.348 e. The lowest BCUT2D eigenvalue weighted by Gasteiger charge is -2.21. The minimum absolute atomic E-state index is 0.719. The number of hydrogen-bond acceptors (Lipinski definition) is 2. The van der Waals surface area contributed by atoms with Crippen LogP contribution in [0.5, 0.6) is 0 Å². The van der Waals surface area contributed by atoms with E-state index in [1.807, 2.05) is 49.3 Å². The van der Waals surface area contributed by atoms with Crippen LogP contribution < -0.4 is 5.84 Å². The van der Waals surface area contributed by atoms with E-state index < -0.39 is 0 Å². The van der Waals surface area contributed by atoms with E-state index in [-0.39, 0.29) is 0 Å². The zero-order valence-corrected chi connectivity index (χ0v) is 8.81. The van der Waals surface area contributed by atoms with Crippen molar-refractivity contribution in [3.8, 4) is 0 Å². The van der Waals surface area contributed by atoms with Gasteiger partial charge in [-0.15, -0.1) is 0 Å². The van der Waals surface area contributed by atoms with Gasteiger partial charge in [0.15, 0.2) is 0 Å². The third kappa shape index (κ3) is 2.74. The number of benzene rings is 1. The van der Waals surface area contributed by atoms with E-state index in [4.69, 9.17) is 5.84 Å². The van der Waals surface area contributed by atoms with Gasteiger partial charge in [-0.1, -0.05) is 18.2 Å². The first-order chi connectivity index (χ1) is 6.61. The van der Waals surface area contributed by atoms with E-state index in [1.54, 1.807) is 7.05 Å². The van der Waals surface area contributed by atoms with Crippen molar-refractivity contribution in [2.45, 2.75) is 0 Å². The standard InChI is InChI=1S/C10H16N4/c1-13(2)10(14(3)11)12-9-7-5-4-6-8-9/h4-8H,11H2,1-3H3. The number of nitrogens with two attached hydrogens (primary N) is 1. The van der Waals surface area contributed by atoms with Crippen molar-refractivity contribution in [1.29, 1.82) is 0 Å². The normalized spacial score (nSPS) is 11.3. The van der Waals surface area contributed by atoms with Crippen LogP contribution >= 0.6 is 0 Å². The Morgan fingerprint density at radius 2 is 1.71 bits per heavy atom. The van der Waals surface area contributed by atoms with Crippen LogP contribution in [0.4, 0.5) is 5.69 Å². The molecule has 0 amide bonds. The first-order valence-corrected chi connectivity index (χ1v) is 4.40. The lowest BCUT2D eigenvalue weighted by Crippen LogP contribution is -2.42. The van der Waals surface area contributed by atoms with Crippen LogP contribution in [0, 0.1) is 0 Å². The molecule has 0 unspecified atom stereocenters. The Morgan fingerprint density at radius 1 is 1.14 bits per heavy atom. The molecule has 2 N–H and O–H groups in total. The van der Waals surface area contributed by atoms with Crippen LogP contribution in [0.1, 0.15) is 0 Å². The number of guanidine groups is 1. The highest BCUT2D eigenvalue weighted by Gasteiger charge is 2.04. The first kappa shape index (κ1) is 10.5. The maximum atomic E-state index is 5.65. The summed E-state index contributed by atoms with van der Waals surface area (Å²) in [6.07, 6.45) is 0. The first-order valence-electron chi connectivity index (χ1n) is 4.40. The monoisotopic (exact) mass is 192 g/mol. The van der Waals surface area contributed by atoms with E-state index in [0.717, 1.165) is 11.6 Å². The van der Waals surface area contributed by atoms with Gasteiger partial charge in [-0.3, -0.25) is 5.01 Å². The maximum absolute atomic E-state index is 5.65. The predicted octanol–water partition coefficient (Wildman–Crippen LogP) is 1.04. The second-order valence-electron chi connectivity index (χ2n) is 3.25. The molecule has 4 heteroatoms. The highest BCUT2D eigenvalue weighted by atomic mass is 15.5. The smallest absolute Gasteiger partial charge is 0.215 e. The largest absolute Gasteiger partial charge is 0.348 e. The van der Waals surface area contributed by atoms with Gasteiger partial charge in [-0.2, -0.15) is 0 Å². The van der Waals surface area contributed by atoms with Crippen molar-refractivity contribution >= 4 is 11.6 Å². The molecular formula is C10H16N4. The van der Waals surface area contributed by atoms with Gasteiger partial charge >= 0.3 is 0 Å². The molecule has 0 bridgehead atoms. The fourth-order valence-electron chi connectivity index (χ4n) is 1.11. The summed E-state index contributed by atoms with van der Waals surface area (Å²) in [4.78, 5) is 6.27. The van der Waals surface area contributed by atoms with Crippen LogP contribution in [0.15, 0.2) is 35.3 Å². The maximum Gasteiger partial charge on any atom is 0.215 e. The fraction of sp³-hybridized carbons (Fsp3) is 0.300. The summed E-state index contributed by atoms with van der Waals surface area (Å²) in [6.45, 7) is 0. The molecule has 4 nitrogen and oxygen atoms in total. The van der Waals surface area contributed by atoms with Crippen LogP contribution in [-0.4, -0.2) is 37.0 Å². The lowest BCUT2D eigenvalue weighted by atomic mass is 10.3. The Labute approximate surface area is 84.6 Å². The van der Waals surface area contributed by atoms with Gasteiger partial charge in [0.1, 0.15) is 0 Å². The van der Waals surface area contributed by atoms with Gasteiger partial charge < -0.3 is 4.90 Å². The third-order valence-corrected chi connectivity index (χ3v) is 1.70. The fourth-order valence-corrected chi connectivity index (χ4v) is 1.11. The molecule has 0 spiro atoms. The molecule has 1 aromatic carbocycles. The number of hydrogen-bond donors (Lipinski definition) is 1. The highest BCUT2D eigenvalue weighted by molar-refractivity contribution is 5.81. The summed E-state index contributed by atoms with van der Waals surface area (Å²) < 4.78 is 0. The summed E-state index contributed by atoms with van der Waals surface area (Å²) in [6, 6.07) is 9.73. The molecule has 1 aromatic rings. The van der Waals surface area contributed by atoms with Gasteiger partial charge in [-0.25, -0.2) is 10.8 Å². The quantitative estimate of drug-likeness (QED) is 0.313. The molecule has 0 fully saturated rings. The minimum atomic E-state index is 0.719. The van der Waals surface area contributed by atoms with Crippen molar-refractivity contribution in [1.82, 2.24) is 9.91 Å². The molecular weight excluding hydrogens is 176 g/mol. The number of aliphatic imine (C=N–C) groups is 1. The van der Waals surface area contributed by atoms with Crippen molar-refractivity contribution in [2.24, 2.45) is 10.8 Å². The molecule has 1 rings (SSSR count). The number of hydrazine groups is 1. The molecule has 0 saturated carbocycles. The SMILES string of the molecule is CN(C)C(=Nc1ccccc1)N(C)N. The topological polar surface area (TPSA) is 44.9 Å². The summed E-state index contributed by atoms with van der Waals surface area (Å²) in [5.41, 5.74) is 0.897.